The van der Waals surface area contributed by atoms with Crippen LogP contribution in [0.25, 0.3) is 0 Å². The van der Waals surface area contributed by atoms with Crippen molar-refractivity contribution in [1.29, 1.82) is 5.26 Å². The number of morpholine rings is 1. The van der Waals surface area contributed by atoms with Gasteiger partial charge in [0.05, 0.1) is 24.8 Å². The summed E-state index contributed by atoms with van der Waals surface area (Å²) in [5.74, 6) is -0.303. The molecule has 1 aliphatic rings. The first-order valence-corrected chi connectivity index (χ1v) is 5.71. The van der Waals surface area contributed by atoms with Crippen molar-refractivity contribution in [3.05, 3.63) is 35.1 Å². The molecular weight excluding hydrogens is 219 g/mol. The van der Waals surface area contributed by atoms with Gasteiger partial charge in [-0.2, -0.15) is 5.26 Å². The van der Waals surface area contributed by atoms with Crippen LogP contribution >= 0.6 is 0 Å². The van der Waals surface area contributed by atoms with Gasteiger partial charge in [0.15, 0.2) is 0 Å². The van der Waals surface area contributed by atoms with Crippen LogP contribution in [-0.4, -0.2) is 30.7 Å². The van der Waals surface area contributed by atoms with E-state index in [2.05, 4.69) is 11.8 Å². The molecule has 1 fully saturated rings. The zero-order valence-electron chi connectivity index (χ0n) is 9.82. The molecule has 0 N–H and O–H groups in total. The minimum Gasteiger partial charge on any atom is -0.379 e. The molecule has 0 unspecified atom stereocenters. The Morgan fingerprint density at radius 1 is 1.59 bits per heavy atom. The molecule has 0 aliphatic carbocycles. The van der Waals surface area contributed by atoms with Crippen molar-refractivity contribution in [2.45, 2.75) is 19.5 Å². The summed E-state index contributed by atoms with van der Waals surface area (Å²) in [5, 5.41) is 8.67. The average molecular weight is 234 g/mol. The van der Waals surface area contributed by atoms with Crippen molar-refractivity contribution in [1.82, 2.24) is 4.90 Å². The summed E-state index contributed by atoms with van der Waals surface area (Å²) in [5.41, 5.74) is 0.999. The van der Waals surface area contributed by atoms with E-state index < -0.39 is 0 Å². The molecule has 90 valence electrons. The van der Waals surface area contributed by atoms with Gasteiger partial charge in [-0.05, 0) is 19.1 Å². The van der Waals surface area contributed by atoms with Gasteiger partial charge in [0.2, 0.25) is 0 Å². The van der Waals surface area contributed by atoms with Gasteiger partial charge in [-0.15, -0.1) is 0 Å². The molecule has 0 bridgehead atoms. The van der Waals surface area contributed by atoms with Gasteiger partial charge < -0.3 is 4.74 Å². The molecule has 1 aliphatic heterocycles. The number of hydrogen-bond acceptors (Lipinski definition) is 3. The van der Waals surface area contributed by atoms with Crippen molar-refractivity contribution in [3.63, 3.8) is 0 Å². The smallest absolute Gasteiger partial charge is 0.129 e. The lowest BCUT2D eigenvalue weighted by molar-refractivity contribution is -0.00480. The van der Waals surface area contributed by atoms with Crippen LogP contribution in [0, 0.1) is 17.1 Å². The molecular formula is C13H15FN2O. The normalized spacial score (nSPS) is 21.1. The van der Waals surface area contributed by atoms with Crippen LogP contribution in [0.15, 0.2) is 18.2 Å². The molecule has 1 aromatic carbocycles. The van der Waals surface area contributed by atoms with Gasteiger partial charge in [-0.3, -0.25) is 4.90 Å². The molecule has 17 heavy (non-hydrogen) atoms. The highest BCUT2D eigenvalue weighted by Crippen LogP contribution is 2.16. The molecule has 0 aromatic heterocycles. The van der Waals surface area contributed by atoms with Crippen LogP contribution in [0.3, 0.4) is 0 Å². The Labute approximate surface area is 100 Å². The Morgan fingerprint density at radius 2 is 2.41 bits per heavy atom. The van der Waals surface area contributed by atoms with Gasteiger partial charge >= 0.3 is 0 Å². The standard InChI is InChI=1S/C13H15FN2O/c1-10-9-17-5-4-16(10)8-12-3-2-11(7-15)6-13(12)14/h2-3,6,10H,4-5,8-9H2,1H3/t10-/m1/s1. The average Bonchev–Trinajstić information content (AvgIpc) is 2.34. The summed E-state index contributed by atoms with van der Waals surface area (Å²) in [4.78, 5) is 2.19. The highest BCUT2D eigenvalue weighted by atomic mass is 19.1. The van der Waals surface area contributed by atoms with E-state index in [1.165, 1.54) is 6.07 Å². The van der Waals surface area contributed by atoms with Gasteiger partial charge in [0.25, 0.3) is 0 Å². The van der Waals surface area contributed by atoms with Crippen molar-refractivity contribution in [2.24, 2.45) is 0 Å². The monoisotopic (exact) mass is 234 g/mol. The zero-order chi connectivity index (χ0) is 12.3. The van der Waals surface area contributed by atoms with E-state index in [1.807, 2.05) is 6.07 Å². The zero-order valence-corrected chi connectivity index (χ0v) is 9.82. The fourth-order valence-corrected chi connectivity index (χ4v) is 1.96. The molecule has 0 radical (unpaired) electrons. The van der Waals surface area contributed by atoms with Crippen LogP contribution in [-0.2, 0) is 11.3 Å². The van der Waals surface area contributed by atoms with Crippen LogP contribution in [0.5, 0.6) is 0 Å². The van der Waals surface area contributed by atoms with Gasteiger partial charge in [-0.25, -0.2) is 4.39 Å². The summed E-state index contributed by atoms with van der Waals surface area (Å²) >= 11 is 0. The Hall–Kier alpha value is -1.44. The lowest BCUT2D eigenvalue weighted by atomic mass is 10.1. The molecule has 4 heteroatoms. The lowest BCUT2D eigenvalue weighted by Crippen LogP contribution is -2.43. The molecule has 3 nitrogen and oxygen atoms in total. The largest absolute Gasteiger partial charge is 0.379 e. The second-order valence-corrected chi connectivity index (χ2v) is 4.31. The van der Waals surface area contributed by atoms with Crippen molar-refractivity contribution >= 4 is 0 Å². The Bertz CT molecular complexity index is 442. The lowest BCUT2D eigenvalue weighted by Gasteiger charge is -2.33. The molecule has 2 rings (SSSR count). The molecule has 1 aromatic rings. The highest BCUT2D eigenvalue weighted by Gasteiger charge is 2.19. The van der Waals surface area contributed by atoms with E-state index >= 15 is 0 Å². The summed E-state index contributed by atoms with van der Waals surface area (Å²) < 4.78 is 19.0. The number of hydrogen-bond donors (Lipinski definition) is 0. The summed E-state index contributed by atoms with van der Waals surface area (Å²) in [6.07, 6.45) is 0. The number of rotatable bonds is 2. The van der Waals surface area contributed by atoms with E-state index in [4.69, 9.17) is 10.00 Å². The number of nitriles is 1. The second-order valence-electron chi connectivity index (χ2n) is 4.31. The quantitative estimate of drug-likeness (QED) is 0.784. The van der Waals surface area contributed by atoms with Crippen LogP contribution < -0.4 is 0 Å². The minimum atomic E-state index is -0.303. The van der Waals surface area contributed by atoms with E-state index in [1.54, 1.807) is 12.1 Å². The predicted molar refractivity (Wildman–Crippen MR) is 61.8 cm³/mol. The second kappa shape index (κ2) is 5.26. The fourth-order valence-electron chi connectivity index (χ4n) is 1.96. The van der Waals surface area contributed by atoms with Gasteiger partial charge in [0, 0.05) is 24.7 Å². The SMILES string of the molecule is C[C@@H]1COCCN1Cc1ccc(C#N)cc1F. The molecule has 0 amide bonds. The van der Waals surface area contributed by atoms with E-state index in [0.29, 0.717) is 36.9 Å². The maximum atomic E-state index is 13.7. The number of benzene rings is 1. The highest BCUT2D eigenvalue weighted by molar-refractivity contribution is 5.32. The Morgan fingerprint density at radius 3 is 3.06 bits per heavy atom. The number of halogens is 1. The molecule has 1 saturated heterocycles. The van der Waals surface area contributed by atoms with Crippen LogP contribution in [0.4, 0.5) is 4.39 Å². The van der Waals surface area contributed by atoms with Crippen molar-refractivity contribution < 1.29 is 9.13 Å². The first kappa shape index (κ1) is 12.0. The number of ether oxygens (including phenoxy) is 1. The van der Waals surface area contributed by atoms with Crippen LogP contribution in [0.2, 0.25) is 0 Å². The summed E-state index contributed by atoms with van der Waals surface area (Å²) in [6, 6.07) is 6.88. The van der Waals surface area contributed by atoms with E-state index in [9.17, 15) is 4.39 Å². The van der Waals surface area contributed by atoms with Gasteiger partial charge in [0.1, 0.15) is 5.82 Å². The molecule has 0 saturated carbocycles. The topological polar surface area (TPSA) is 36.3 Å². The predicted octanol–water partition coefficient (Wildman–Crippen LogP) is 1.92. The van der Waals surface area contributed by atoms with E-state index in [0.717, 1.165) is 6.54 Å². The Balaban J connectivity index is 2.10. The van der Waals surface area contributed by atoms with Crippen molar-refractivity contribution in [3.8, 4) is 6.07 Å². The third-order valence-corrected chi connectivity index (χ3v) is 3.06. The fraction of sp³-hybridized carbons (Fsp3) is 0.462. The van der Waals surface area contributed by atoms with E-state index in [-0.39, 0.29) is 5.82 Å². The Kier molecular flexibility index (Phi) is 3.72. The first-order valence-electron chi connectivity index (χ1n) is 5.71. The number of nitrogens with zero attached hydrogens (tertiary/aromatic N) is 2. The third kappa shape index (κ3) is 2.82. The van der Waals surface area contributed by atoms with Gasteiger partial charge in [-0.1, -0.05) is 6.07 Å². The summed E-state index contributed by atoms with van der Waals surface area (Å²) in [7, 11) is 0. The third-order valence-electron chi connectivity index (χ3n) is 3.06. The van der Waals surface area contributed by atoms with Crippen LogP contribution in [0.1, 0.15) is 18.1 Å². The molecule has 1 atom stereocenters. The summed E-state index contributed by atoms with van der Waals surface area (Å²) in [6.45, 7) is 4.85. The maximum absolute atomic E-state index is 13.7. The molecule has 0 spiro atoms. The molecule has 1 heterocycles. The minimum absolute atomic E-state index is 0.303. The first-order chi connectivity index (χ1) is 8.20. The maximum Gasteiger partial charge on any atom is 0.129 e. The van der Waals surface area contributed by atoms with Crippen molar-refractivity contribution in [2.75, 3.05) is 19.8 Å².